The van der Waals surface area contributed by atoms with Crippen molar-refractivity contribution in [1.29, 1.82) is 0 Å². The van der Waals surface area contributed by atoms with E-state index in [9.17, 15) is 9.59 Å². The molecule has 0 aliphatic rings. The SMILES string of the molecule is CC(C)(C(=O)NCc1ccccc1)C(=O)Nc1ccc(C(C)(C)C)cc1. The van der Waals surface area contributed by atoms with Crippen LogP contribution in [0, 0.1) is 5.41 Å². The monoisotopic (exact) mass is 352 g/mol. The predicted molar refractivity (Wildman–Crippen MR) is 106 cm³/mol. The molecule has 4 heteroatoms. The summed E-state index contributed by atoms with van der Waals surface area (Å²) < 4.78 is 0. The van der Waals surface area contributed by atoms with Gasteiger partial charge in [-0.2, -0.15) is 0 Å². The highest BCUT2D eigenvalue weighted by atomic mass is 16.2. The summed E-state index contributed by atoms with van der Waals surface area (Å²) in [4.78, 5) is 25.1. The number of amides is 2. The standard InChI is InChI=1S/C22H28N2O2/c1-21(2,3)17-11-13-18(14-12-17)24-20(26)22(4,5)19(25)23-15-16-9-7-6-8-10-16/h6-14H,15H2,1-5H3,(H,23,25)(H,24,26). The van der Waals surface area contributed by atoms with Crippen LogP contribution in [-0.4, -0.2) is 11.8 Å². The molecule has 0 saturated heterocycles. The molecule has 0 aliphatic heterocycles. The number of nitrogens with one attached hydrogen (secondary N) is 2. The number of benzene rings is 2. The summed E-state index contributed by atoms with van der Waals surface area (Å²) in [7, 11) is 0. The molecule has 26 heavy (non-hydrogen) atoms. The van der Waals surface area contributed by atoms with E-state index in [2.05, 4.69) is 31.4 Å². The zero-order valence-electron chi connectivity index (χ0n) is 16.2. The molecule has 138 valence electrons. The second kappa shape index (κ2) is 7.73. The van der Waals surface area contributed by atoms with Crippen LogP contribution in [0.15, 0.2) is 54.6 Å². The van der Waals surface area contributed by atoms with Gasteiger partial charge in [0.05, 0.1) is 0 Å². The van der Waals surface area contributed by atoms with Gasteiger partial charge in [0.25, 0.3) is 0 Å². The van der Waals surface area contributed by atoms with Crippen LogP contribution in [0.25, 0.3) is 0 Å². The molecule has 2 aromatic rings. The van der Waals surface area contributed by atoms with E-state index in [4.69, 9.17) is 0 Å². The maximum absolute atomic E-state index is 12.6. The zero-order valence-corrected chi connectivity index (χ0v) is 16.2. The minimum atomic E-state index is -1.17. The fourth-order valence-corrected chi connectivity index (χ4v) is 2.44. The second-order valence-corrected chi connectivity index (χ2v) is 8.07. The van der Waals surface area contributed by atoms with Gasteiger partial charge >= 0.3 is 0 Å². The van der Waals surface area contributed by atoms with E-state index in [1.54, 1.807) is 13.8 Å². The summed E-state index contributed by atoms with van der Waals surface area (Å²) >= 11 is 0. The molecule has 0 spiro atoms. The first kappa shape index (κ1) is 19.7. The molecule has 0 bridgehead atoms. The average molecular weight is 352 g/mol. The number of carbonyl (C=O) groups excluding carboxylic acids is 2. The van der Waals surface area contributed by atoms with Gasteiger partial charge in [-0.05, 0) is 42.5 Å². The first-order chi connectivity index (χ1) is 12.1. The van der Waals surface area contributed by atoms with E-state index in [-0.39, 0.29) is 17.2 Å². The third kappa shape index (κ3) is 4.94. The zero-order chi connectivity index (χ0) is 19.4. The topological polar surface area (TPSA) is 58.2 Å². The summed E-state index contributed by atoms with van der Waals surface area (Å²) in [6.45, 7) is 10.1. The first-order valence-electron chi connectivity index (χ1n) is 8.85. The molecule has 0 atom stereocenters. The average Bonchev–Trinajstić information content (AvgIpc) is 2.60. The van der Waals surface area contributed by atoms with Gasteiger partial charge in [0.2, 0.25) is 11.8 Å². The Kier molecular flexibility index (Phi) is 5.86. The van der Waals surface area contributed by atoms with E-state index in [0.29, 0.717) is 12.2 Å². The number of rotatable bonds is 5. The molecule has 2 aromatic carbocycles. The van der Waals surface area contributed by atoms with Crippen LogP contribution in [-0.2, 0) is 21.5 Å². The molecular formula is C22H28N2O2. The van der Waals surface area contributed by atoms with Crippen molar-refractivity contribution in [2.45, 2.75) is 46.6 Å². The predicted octanol–water partition coefficient (Wildman–Crippen LogP) is 4.27. The van der Waals surface area contributed by atoms with Crippen molar-refractivity contribution in [2.24, 2.45) is 5.41 Å². The number of hydrogen-bond acceptors (Lipinski definition) is 2. The minimum absolute atomic E-state index is 0.0547. The molecule has 0 unspecified atom stereocenters. The number of hydrogen-bond donors (Lipinski definition) is 2. The van der Waals surface area contributed by atoms with Crippen LogP contribution < -0.4 is 10.6 Å². The Hall–Kier alpha value is -2.62. The summed E-state index contributed by atoms with van der Waals surface area (Å²) in [5, 5.41) is 5.68. The summed E-state index contributed by atoms with van der Waals surface area (Å²) in [6.07, 6.45) is 0. The van der Waals surface area contributed by atoms with Crippen LogP contribution in [0.5, 0.6) is 0 Å². The van der Waals surface area contributed by atoms with Crippen LogP contribution in [0.2, 0.25) is 0 Å². The van der Waals surface area contributed by atoms with Crippen molar-refractivity contribution >= 4 is 17.5 Å². The fourth-order valence-electron chi connectivity index (χ4n) is 2.44. The van der Waals surface area contributed by atoms with Crippen molar-refractivity contribution in [3.05, 3.63) is 65.7 Å². The van der Waals surface area contributed by atoms with Crippen molar-refractivity contribution in [3.63, 3.8) is 0 Å². The lowest BCUT2D eigenvalue weighted by atomic mass is 9.87. The molecule has 0 aliphatic carbocycles. The fraction of sp³-hybridized carbons (Fsp3) is 0.364. The lowest BCUT2D eigenvalue weighted by Gasteiger charge is -2.23. The Morgan fingerprint density at radius 3 is 1.92 bits per heavy atom. The van der Waals surface area contributed by atoms with E-state index in [1.165, 1.54) is 5.56 Å². The van der Waals surface area contributed by atoms with Gasteiger partial charge < -0.3 is 10.6 Å². The highest BCUT2D eigenvalue weighted by molar-refractivity contribution is 6.09. The van der Waals surface area contributed by atoms with Gasteiger partial charge in [0.15, 0.2) is 0 Å². The Bertz CT molecular complexity index is 757. The quantitative estimate of drug-likeness (QED) is 0.790. The third-order valence-corrected chi connectivity index (χ3v) is 4.44. The Balaban J connectivity index is 1.99. The van der Waals surface area contributed by atoms with E-state index in [1.807, 2.05) is 54.6 Å². The molecule has 2 N–H and O–H groups in total. The van der Waals surface area contributed by atoms with Gasteiger partial charge in [-0.3, -0.25) is 9.59 Å². The largest absolute Gasteiger partial charge is 0.351 e. The first-order valence-corrected chi connectivity index (χ1v) is 8.85. The van der Waals surface area contributed by atoms with Crippen LogP contribution in [0.4, 0.5) is 5.69 Å². The highest BCUT2D eigenvalue weighted by Gasteiger charge is 2.36. The van der Waals surface area contributed by atoms with Gasteiger partial charge in [-0.15, -0.1) is 0 Å². The third-order valence-electron chi connectivity index (χ3n) is 4.44. The molecule has 2 amide bonds. The molecule has 2 rings (SSSR count). The van der Waals surface area contributed by atoms with Gasteiger partial charge in [0, 0.05) is 12.2 Å². The lowest BCUT2D eigenvalue weighted by Crippen LogP contribution is -2.44. The Labute approximate surface area is 156 Å². The van der Waals surface area contributed by atoms with Crippen LogP contribution in [0.3, 0.4) is 0 Å². The molecule has 4 nitrogen and oxygen atoms in total. The van der Waals surface area contributed by atoms with Crippen LogP contribution in [0.1, 0.15) is 45.7 Å². The lowest BCUT2D eigenvalue weighted by molar-refractivity contribution is -0.138. The number of anilines is 1. The van der Waals surface area contributed by atoms with Gasteiger partial charge in [0.1, 0.15) is 5.41 Å². The number of carbonyl (C=O) groups is 2. The van der Waals surface area contributed by atoms with Crippen molar-refractivity contribution < 1.29 is 9.59 Å². The van der Waals surface area contributed by atoms with Crippen molar-refractivity contribution in [1.82, 2.24) is 5.32 Å². The Morgan fingerprint density at radius 1 is 0.808 bits per heavy atom. The van der Waals surface area contributed by atoms with E-state index >= 15 is 0 Å². The van der Waals surface area contributed by atoms with E-state index in [0.717, 1.165) is 5.56 Å². The maximum atomic E-state index is 12.6. The molecule has 0 aromatic heterocycles. The highest BCUT2D eigenvalue weighted by Crippen LogP contribution is 2.25. The molecular weight excluding hydrogens is 324 g/mol. The summed E-state index contributed by atoms with van der Waals surface area (Å²) in [5.41, 5.74) is 1.76. The summed E-state index contributed by atoms with van der Waals surface area (Å²) in [5.74, 6) is -0.628. The second-order valence-electron chi connectivity index (χ2n) is 8.07. The summed E-state index contributed by atoms with van der Waals surface area (Å²) in [6, 6.07) is 17.4. The Morgan fingerprint density at radius 2 is 1.38 bits per heavy atom. The maximum Gasteiger partial charge on any atom is 0.239 e. The van der Waals surface area contributed by atoms with Crippen LogP contribution >= 0.6 is 0 Å². The smallest absolute Gasteiger partial charge is 0.239 e. The molecule has 0 saturated carbocycles. The normalized spacial score (nSPS) is 11.7. The molecule has 0 radical (unpaired) electrons. The van der Waals surface area contributed by atoms with E-state index < -0.39 is 5.41 Å². The van der Waals surface area contributed by atoms with Crippen molar-refractivity contribution in [2.75, 3.05) is 5.32 Å². The minimum Gasteiger partial charge on any atom is -0.351 e. The van der Waals surface area contributed by atoms with Gasteiger partial charge in [-0.25, -0.2) is 0 Å². The van der Waals surface area contributed by atoms with Gasteiger partial charge in [-0.1, -0.05) is 63.2 Å². The molecule has 0 fully saturated rings. The molecule has 0 heterocycles. The van der Waals surface area contributed by atoms with Crippen molar-refractivity contribution in [3.8, 4) is 0 Å².